The van der Waals surface area contributed by atoms with Crippen molar-refractivity contribution in [1.29, 1.82) is 0 Å². The number of aryl methyl sites for hydroxylation is 1. The Labute approximate surface area is 207 Å². The number of methoxy groups -OCH3 is 1. The molecule has 2 aromatic heterocycles. The minimum Gasteiger partial charge on any atom is -0.465 e. The maximum Gasteiger partial charge on any atom is 0.337 e. The molecule has 174 valence electrons. The van der Waals surface area contributed by atoms with Crippen molar-refractivity contribution in [3.8, 4) is 11.3 Å². The molecule has 0 aliphatic rings. The highest BCUT2D eigenvalue weighted by molar-refractivity contribution is 8.00. The van der Waals surface area contributed by atoms with Crippen molar-refractivity contribution in [2.24, 2.45) is 12.0 Å². The summed E-state index contributed by atoms with van der Waals surface area (Å²) >= 11 is 3.85. The molecule has 0 radical (unpaired) electrons. The number of thioether (sulfide) groups is 1. The molecule has 8 nitrogen and oxygen atoms in total. The highest BCUT2D eigenvalue weighted by Gasteiger charge is 2.12. The number of aromatic nitrogens is 2. The molecule has 0 fully saturated rings. The number of nitrogens with zero attached hydrogens (tertiary/aromatic N) is 3. The minimum absolute atomic E-state index is 0.0716. The molecule has 2 aromatic carbocycles. The minimum atomic E-state index is -0.420. The van der Waals surface area contributed by atoms with E-state index in [2.05, 4.69) is 15.3 Å². The third-order valence-electron chi connectivity index (χ3n) is 4.73. The average molecular weight is 513 g/mol. The standard InChI is InChI=1S/C23H20N4O4S3/c1-27-17-9-8-15(21(30)31-2)10-18(17)34-23(27)26-20(29)13-32-12-19(28)25-22-24-16(11-33-22)14-6-4-3-5-7-14/h3-11H,12-13H2,1-2H3,(H,24,25,28). The van der Waals surface area contributed by atoms with Crippen LogP contribution in [0.3, 0.4) is 0 Å². The summed E-state index contributed by atoms with van der Waals surface area (Å²) in [6, 6.07) is 14.9. The van der Waals surface area contributed by atoms with E-state index >= 15 is 0 Å². The van der Waals surface area contributed by atoms with Crippen LogP contribution in [0.2, 0.25) is 0 Å². The van der Waals surface area contributed by atoms with Gasteiger partial charge in [-0.1, -0.05) is 41.7 Å². The summed E-state index contributed by atoms with van der Waals surface area (Å²) in [6.07, 6.45) is 0. The zero-order chi connectivity index (χ0) is 24.1. The number of amides is 2. The first-order valence-corrected chi connectivity index (χ1v) is 12.9. The summed E-state index contributed by atoms with van der Waals surface area (Å²) in [5.74, 6) is -0.801. The van der Waals surface area contributed by atoms with Crippen LogP contribution in [0.1, 0.15) is 10.4 Å². The largest absolute Gasteiger partial charge is 0.465 e. The highest BCUT2D eigenvalue weighted by Crippen LogP contribution is 2.24. The molecule has 0 saturated heterocycles. The van der Waals surface area contributed by atoms with Crippen molar-refractivity contribution in [2.75, 3.05) is 23.9 Å². The second-order valence-corrected chi connectivity index (χ2v) is 9.92. The summed E-state index contributed by atoms with van der Waals surface area (Å²) in [7, 11) is 3.14. The van der Waals surface area contributed by atoms with E-state index in [1.165, 1.54) is 41.5 Å². The maximum atomic E-state index is 12.4. The molecule has 4 rings (SSSR count). The summed E-state index contributed by atoms with van der Waals surface area (Å²) in [5, 5.41) is 5.17. The molecule has 2 amide bonds. The van der Waals surface area contributed by atoms with Crippen LogP contribution >= 0.6 is 34.4 Å². The summed E-state index contributed by atoms with van der Waals surface area (Å²) in [6.45, 7) is 0. The number of hydrogen-bond donors (Lipinski definition) is 1. The van der Waals surface area contributed by atoms with Crippen molar-refractivity contribution >= 4 is 67.6 Å². The topological polar surface area (TPSA) is 103 Å². The first kappa shape index (κ1) is 23.9. The second kappa shape index (κ2) is 10.8. The Bertz CT molecular complexity index is 1420. The SMILES string of the molecule is COC(=O)c1ccc2c(c1)sc(=NC(=O)CSCC(=O)Nc1nc(-c3ccccc3)cs1)n2C. The molecule has 0 aliphatic carbocycles. The van der Waals surface area contributed by atoms with Crippen molar-refractivity contribution in [3.05, 3.63) is 64.3 Å². The van der Waals surface area contributed by atoms with Crippen molar-refractivity contribution in [3.63, 3.8) is 0 Å². The third kappa shape index (κ3) is 5.61. The summed E-state index contributed by atoms with van der Waals surface area (Å²) in [4.78, 5) is 45.5. The van der Waals surface area contributed by atoms with E-state index in [0.717, 1.165) is 21.5 Å². The number of anilines is 1. The van der Waals surface area contributed by atoms with E-state index < -0.39 is 5.97 Å². The van der Waals surface area contributed by atoms with E-state index in [0.29, 0.717) is 15.5 Å². The number of rotatable bonds is 7. The molecule has 0 bridgehead atoms. The quantitative estimate of drug-likeness (QED) is 0.376. The van der Waals surface area contributed by atoms with Gasteiger partial charge in [-0.25, -0.2) is 9.78 Å². The molecule has 34 heavy (non-hydrogen) atoms. The maximum absolute atomic E-state index is 12.4. The Morgan fingerprint density at radius 2 is 1.94 bits per heavy atom. The van der Waals surface area contributed by atoms with Crippen LogP contribution in [0.25, 0.3) is 21.5 Å². The lowest BCUT2D eigenvalue weighted by atomic mass is 10.2. The molecule has 0 atom stereocenters. The fraction of sp³-hybridized carbons (Fsp3) is 0.174. The van der Waals surface area contributed by atoms with Gasteiger partial charge in [0.1, 0.15) is 0 Å². The van der Waals surface area contributed by atoms with Crippen molar-refractivity contribution in [2.45, 2.75) is 0 Å². The summed E-state index contributed by atoms with van der Waals surface area (Å²) < 4.78 is 7.37. The van der Waals surface area contributed by atoms with Gasteiger partial charge in [-0.05, 0) is 18.2 Å². The Kier molecular flexibility index (Phi) is 7.56. The van der Waals surface area contributed by atoms with Gasteiger partial charge in [0.15, 0.2) is 9.93 Å². The molecular formula is C23H20N4O4S3. The zero-order valence-electron chi connectivity index (χ0n) is 18.3. The van der Waals surface area contributed by atoms with E-state index in [9.17, 15) is 14.4 Å². The second-order valence-electron chi connectivity index (χ2n) is 7.07. The predicted molar refractivity (Wildman–Crippen MR) is 136 cm³/mol. The van der Waals surface area contributed by atoms with Crippen LogP contribution in [0.4, 0.5) is 5.13 Å². The smallest absolute Gasteiger partial charge is 0.337 e. The molecule has 0 aliphatic heterocycles. The fourth-order valence-electron chi connectivity index (χ4n) is 3.08. The number of thiazole rings is 2. The van der Waals surface area contributed by atoms with Crippen LogP contribution in [0.15, 0.2) is 58.9 Å². The number of fused-ring (bicyclic) bond motifs is 1. The molecule has 2 heterocycles. The lowest BCUT2D eigenvalue weighted by Gasteiger charge is -2.01. The molecule has 11 heteroatoms. The van der Waals surface area contributed by atoms with Gasteiger partial charge in [-0.15, -0.1) is 23.1 Å². The average Bonchev–Trinajstić information content (AvgIpc) is 3.43. The Balaban J connectivity index is 1.33. The highest BCUT2D eigenvalue weighted by atomic mass is 32.2. The Morgan fingerprint density at radius 3 is 2.71 bits per heavy atom. The number of esters is 1. The lowest BCUT2D eigenvalue weighted by Crippen LogP contribution is -2.17. The normalized spacial score (nSPS) is 11.5. The fourth-order valence-corrected chi connectivity index (χ4v) is 5.49. The monoisotopic (exact) mass is 512 g/mol. The first-order valence-electron chi connectivity index (χ1n) is 10.1. The van der Waals surface area contributed by atoms with E-state index in [-0.39, 0.29) is 23.3 Å². The molecule has 1 N–H and O–H groups in total. The van der Waals surface area contributed by atoms with Gasteiger partial charge in [0.2, 0.25) is 5.91 Å². The van der Waals surface area contributed by atoms with Gasteiger partial charge in [0.25, 0.3) is 5.91 Å². The van der Waals surface area contributed by atoms with Crippen molar-refractivity contribution < 1.29 is 19.1 Å². The van der Waals surface area contributed by atoms with Gasteiger partial charge in [0, 0.05) is 18.0 Å². The van der Waals surface area contributed by atoms with Gasteiger partial charge in [0.05, 0.1) is 40.1 Å². The van der Waals surface area contributed by atoms with Crippen LogP contribution in [0, 0.1) is 0 Å². The number of benzene rings is 2. The van der Waals surface area contributed by atoms with E-state index in [1.807, 2.05) is 35.7 Å². The lowest BCUT2D eigenvalue weighted by molar-refractivity contribution is -0.115. The first-order chi connectivity index (χ1) is 16.4. The third-order valence-corrected chi connectivity index (χ3v) is 7.50. The number of nitrogens with one attached hydrogen (secondary N) is 1. The zero-order valence-corrected chi connectivity index (χ0v) is 20.8. The molecule has 0 unspecified atom stereocenters. The van der Waals surface area contributed by atoms with Gasteiger partial charge >= 0.3 is 5.97 Å². The number of carbonyl (C=O) groups excluding carboxylic acids is 3. The van der Waals surface area contributed by atoms with E-state index in [4.69, 9.17) is 4.74 Å². The van der Waals surface area contributed by atoms with Crippen LogP contribution in [-0.2, 0) is 21.4 Å². The number of hydrogen-bond acceptors (Lipinski definition) is 8. The van der Waals surface area contributed by atoms with Gasteiger partial charge in [-0.2, -0.15) is 4.99 Å². The van der Waals surface area contributed by atoms with Crippen LogP contribution in [-0.4, -0.2) is 46.0 Å². The number of carbonyl (C=O) groups is 3. The van der Waals surface area contributed by atoms with Gasteiger partial charge < -0.3 is 14.6 Å². The Hall–Kier alpha value is -3.28. The predicted octanol–water partition coefficient (Wildman–Crippen LogP) is 3.95. The number of ether oxygens (including phenoxy) is 1. The summed E-state index contributed by atoms with van der Waals surface area (Å²) in [5.41, 5.74) is 3.08. The van der Waals surface area contributed by atoms with Crippen LogP contribution in [0.5, 0.6) is 0 Å². The Morgan fingerprint density at radius 1 is 1.15 bits per heavy atom. The molecular weight excluding hydrogens is 492 g/mol. The molecule has 0 spiro atoms. The van der Waals surface area contributed by atoms with Crippen molar-refractivity contribution in [1.82, 2.24) is 9.55 Å². The molecule has 4 aromatic rings. The van der Waals surface area contributed by atoms with Crippen LogP contribution < -0.4 is 10.1 Å². The van der Waals surface area contributed by atoms with E-state index in [1.54, 1.807) is 29.8 Å². The van der Waals surface area contributed by atoms with Gasteiger partial charge in [-0.3, -0.25) is 9.59 Å². The molecule has 0 saturated carbocycles.